The zero-order chi connectivity index (χ0) is 25.6. The monoisotopic (exact) mass is 496 g/mol. The predicted octanol–water partition coefficient (Wildman–Crippen LogP) is 4.67. The fourth-order valence-corrected chi connectivity index (χ4v) is 4.18. The van der Waals surface area contributed by atoms with Gasteiger partial charge in [0, 0.05) is 42.7 Å². The third kappa shape index (κ3) is 7.62. The van der Waals surface area contributed by atoms with E-state index in [1.807, 2.05) is 25.3 Å². The van der Waals surface area contributed by atoms with Crippen molar-refractivity contribution in [2.24, 2.45) is 5.73 Å². The molecule has 0 aliphatic rings. The van der Waals surface area contributed by atoms with Crippen molar-refractivity contribution in [3.05, 3.63) is 48.4 Å². The number of rotatable bonds is 11. The van der Waals surface area contributed by atoms with Gasteiger partial charge in [0.25, 0.3) is 0 Å². The van der Waals surface area contributed by atoms with Gasteiger partial charge in [-0.05, 0) is 48.3 Å². The zero-order valence-corrected chi connectivity index (χ0v) is 22.5. The highest BCUT2D eigenvalue weighted by Crippen LogP contribution is 2.36. The molecule has 0 atom stereocenters. The van der Waals surface area contributed by atoms with E-state index in [1.165, 1.54) is 0 Å². The van der Waals surface area contributed by atoms with Crippen molar-refractivity contribution in [2.75, 3.05) is 18.5 Å². The van der Waals surface area contributed by atoms with Crippen LogP contribution in [-0.2, 0) is 15.8 Å². The number of hydrogen-bond acceptors (Lipinski definition) is 7. The molecule has 0 unspecified atom stereocenters. The van der Waals surface area contributed by atoms with E-state index >= 15 is 0 Å². The van der Waals surface area contributed by atoms with Gasteiger partial charge in [0.1, 0.15) is 6.61 Å². The summed E-state index contributed by atoms with van der Waals surface area (Å²) in [6.45, 7) is 14.5. The SMILES string of the molecule is Cc1cc(Nc2nccc(OCCO[Si](C)(C)C(C)(C)C)n2)cc(-c2cnn(CCC(N)=O)c2)c1. The number of aryl methyl sites for hydroxylation is 2. The molecule has 0 bridgehead atoms. The number of amides is 1. The van der Waals surface area contributed by atoms with Gasteiger partial charge in [-0.3, -0.25) is 9.48 Å². The average Bonchev–Trinajstić information content (AvgIpc) is 3.24. The first-order valence-electron chi connectivity index (χ1n) is 11.7. The van der Waals surface area contributed by atoms with Crippen molar-refractivity contribution >= 4 is 25.9 Å². The van der Waals surface area contributed by atoms with Crippen LogP contribution in [0, 0.1) is 6.92 Å². The first-order chi connectivity index (χ1) is 16.4. The lowest BCUT2D eigenvalue weighted by Gasteiger charge is -2.36. The summed E-state index contributed by atoms with van der Waals surface area (Å²) in [5, 5.41) is 7.75. The molecule has 0 radical (unpaired) electrons. The van der Waals surface area contributed by atoms with E-state index in [2.05, 4.69) is 60.3 Å². The Hall–Kier alpha value is -3.24. The van der Waals surface area contributed by atoms with E-state index < -0.39 is 8.32 Å². The lowest BCUT2D eigenvalue weighted by molar-refractivity contribution is -0.118. The van der Waals surface area contributed by atoms with Crippen molar-refractivity contribution in [1.29, 1.82) is 0 Å². The molecule has 9 nitrogen and oxygen atoms in total. The first kappa shape index (κ1) is 26.4. The van der Waals surface area contributed by atoms with Gasteiger partial charge in [-0.1, -0.05) is 26.8 Å². The summed E-state index contributed by atoms with van der Waals surface area (Å²) in [5.41, 5.74) is 9.10. The fraction of sp³-hybridized carbons (Fsp3) is 0.440. The number of nitrogens with one attached hydrogen (secondary N) is 1. The lowest BCUT2D eigenvalue weighted by Crippen LogP contribution is -2.41. The van der Waals surface area contributed by atoms with Crippen molar-refractivity contribution in [1.82, 2.24) is 19.7 Å². The molecule has 10 heteroatoms. The van der Waals surface area contributed by atoms with Crippen molar-refractivity contribution in [2.45, 2.75) is 58.8 Å². The van der Waals surface area contributed by atoms with Gasteiger partial charge in [-0.25, -0.2) is 4.98 Å². The Bertz CT molecular complexity index is 1160. The van der Waals surface area contributed by atoms with Crippen molar-refractivity contribution in [3.8, 4) is 17.0 Å². The normalized spacial score (nSPS) is 11.9. The first-order valence-corrected chi connectivity index (χ1v) is 14.6. The molecule has 0 saturated carbocycles. The molecule has 0 aliphatic heterocycles. The van der Waals surface area contributed by atoms with Gasteiger partial charge in [0.15, 0.2) is 8.32 Å². The number of ether oxygens (including phenoxy) is 1. The summed E-state index contributed by atoms with van der Waals surface area (Å²) in [6, 6.07) is 7.83. The summed E-state index contributed by atoms with van der Waals surface area (Å²) >= 11 is 0. The van der Waals surface area contributed by atoms with Crippen molar-refractivity contribution in [3.63, 3.8) is 0 Å². The zero-order valence-electron chi connectivity index (χ0n) is 21.5. The van der Waals surface area contributed by atoms with Crippen LogP contribution in [-0.4, -0.2) is 47.2 Å². The molecule has 0 fully saturated rings. The number of carbonyl (C=O) groups is 1. The average molecular weight is 497 g/mol. The molecule has 0 aliphatic carbocycles. The maximum Gasteiger partial charge on any atom is 0.230 e. The van der Waals surface area contributed by atoms with Crippen LogP contribution in [0.1, 0.15) is 32.8 Å². The number of nitrogens with zero attached hydrogens (tertiary/aromatic N) is 4. The lowest BCUT2D eigenvalue weighted by atomic mass is 10.1. The number of nitrogens with two attached hydrogens (primary N) is 1. The third-order valence-electron chi connectivity index (χ3n) is 6.12. The largest absolute Gasteiger partial charge is 0.475 e. The highest BCUT2D eigenvalue weighted by molar-refractivity contribution is 6.74. The molecule has 1 amide bonds. The van der Waals surface area contributed by atoms with E-state index in [0.717, 1.165) is 22.4 Å². The molecule has 2 aromatic heterocycles. The van der Waals surface area contributed by atoms with Gasteiger partial charge in [0.05, 0.1) is 12.8 Å². The quantitative estimate of drug-likeness (QED) is 0.293. The molecule has 35 heavy (non-hydrogen) atoms. The van der Waals surface area contributed by atoms with E-state index in [9.17, 15) is 4.79 Å². The maximum absolute atomic E-state index is 11.0. The number of carbonyl (C=O) groups excluding carboxylic acids is 1. The second-order valence-electron chi connectivity index (χ2n) is 10.1. The van der Waals surface area contributed by atoms with Crippen LogP contribution in [0.3, 0.4) is 0 Å². The minimum absolute atomic E-state index is 0.161. The van der Waals surface area contributed by atoms with Crippen LogP contribution in [0.4, 0.5) is 11.6 Å². The summed E-state index contributed by atoms with van der Waals surface area (Å²) < 4.78 is 13.7. The topological polar surface area (TPSA) is 117 Å². The standard InChI is InChI=1S/C25H36N6O3Si/c1-18-13-19(20-16-28-31(17-20)10-8-22(26)32)15-21(14-18)29-24-27-9-7-23(30-24)33-11-12-34-35(5,6)25(2,3)4/h7,9,13-17H,8,10-12H2,1-6H3,(H2,26,32)(H,27,29,30). The van der Waals surface area contributed by atoms with E-state index in [-0.39, 0.29) is 17.4 Å². The second kappa shape index (κ2) is 11.0. The Morgan fingerprint density at radius 3 is 2.66 bits per heavy atom. The van der Waals surface area contributed by atoms with Crippen LogP contribution >= 0.6 is 0 Å². The Kier molecular flexibility index (Phi) is 8.29. The molecule has 2 heterocycles. The Balaban J connectivity index is 1.63. The molecule has 0 spiro atoms. The van der Waals surface area contributed by atoms with Gasteiger partial charge in [0.2, 0.25) is 17.7 Å². The molecule has 0 saturated heterocycles. The minimum Gasteiger partial charge on any atom is -0.475 e. The summed E-state index contributed by atoms with van der Waals surface area (Å²) in [5.74, 6) is 0.588. The summed E-state index contributed by atoms with van der Waals surface area (Å²) in [4.78, 5) is 19.8. The van der Waals surface area contributed by atoms with Crippen molar-refractivity contribution < 1.29 is 14.0 Å². The number of hydrogen-bond donors (Lipinski definition) is 2. The van der Waals surface area contributed by atoms with Gasteiger partial charge >= 0.3 is 0 Å². The van der Waals surface area contributed by atoms with Gasteiger partial charge in [-0.15, -0.1) is 0 Å². The molecular weight excluding hydrogens is 460 g/mol. The fourth-order valence-electron chi connectivity index (χ4n) is 3.15. The third-order valence-corrected chi connectivity index (χ3v) is 10.7. The van der Waals surface area contributed by atoms with Crippen LogP contribution in [0.5, 0.6) is 5.88 Å². The Labute approximate surface area is 208 Å². The molecule has 3 rings (SSSR count). The van der Waals surface area contributed by atoms with Crippen LogP contribution in [0.2, 0.25) is 18.1 Å². The number of aromatic nitrogens is 4. The molecular formula is C25H36N6O3Si. The number of anilines is 2. The summed E-state index contributed by atoms with van der Waals surface area (Å²) in [6.07, 6.45) is 5.59. The van der Waals surface area contributed by atoms with Gasteiger partial charge < -0.3 is 20.2 Å². The summed E-state index contributed by atoms with van der Waals surface area (Å²) in [7, 11) is -1.80. The van der Waals surface area contributed by atoms with E-state index in [4.69, 9.17) is 14.9 Å². The van der Waals surface area contributed by atoms with Crippen LogP contribution < -0.4 is 15.8 Å². The van der Waals surface area contributed by atoms with E-state index in [0.29, 0.717) is 31.6 Å². The second-order valence-corrected chi connectivity index (χ2v) is 14.9. The molecule has 1 aromatic carbocycles. The molecule has 3 aromatic rings. The molecule has 3 N–H and O–H groups in total. The predicted molar refractivity (Wildman–Crippen MR) is 140 cm³/mol. The van der Waals surface area contributed by atoms with E-state index in [1.54, 1.807) is 23.1 Å². The smallest absolute Gasteiger partial charge is 0.230 e. The van der Waals surface area contributed by atoms with Crippen LogP contribution in [0.25, 0.3) is 11.1 Å². The maximum atomic E-state index is 11.0. The van der Waals surface area contributed by atoms with Gasteiger partial charge in [-0.2, -0.15) is 10.1 Å². The highest BCUT2D eigenvalue weighted by atomic mass is 28.4. The van der Waals surface area contributed by atoms with Crippen LogP contribution in [0.15, 0.2) is 42.9 Å². The Morgan fingerprint density at radius 1 is 1.17 bits per heavy atom. The number of benzene rings is 1. The minimum atomic E-state index is -1.80. The number of primary amides is 1. The molecule has 188 valence electrons. The Morgan fingerprint density at radius 2 is 1.94 bits per heavy atom. The highest BCUT2D eigenvalue weighted by Gasteiger charge is 2.36.